The molecule has 1 saturated heterocycles. The van der Waals surface area contributed by atoms with Gasteiger partial charge in [0.05, 0.1) is 16.3 Å². The molecule has 0 atom stereocenters. The average molecular weight is 471 g/mol. The number of likely N-dealkylation sites (N-methyl/N-ethyl adjacent to an activating group) is 1. The molecule has 1 amide bonds. The molecule has 0 radical (unpaired) electrons. The molecule has 0 unspecified atom stereocenters. The van der Waals surface area contributed by atoms with Crippen LogP contribution >= 0.6 is 11.6 Å². The maximum Gasteiger partial charge on any atom is 0.252 e. The predicted molar refractivity (Wildman–Crippen MR) is 141 cm³/mol. The molecule has 2 aliphatic rings. The Bertz CT molecular complexity index is 857. The summed E-state index contributed by atoms with van der Waals surface area (Å²) in [6.45, 7) is 17.7. The van der Waals surface area contributed by atoms with Crippen LogP contribution in [0, 0.1) is 0 Å². The van der Waals surface area contributed by atoms with E-state index in [1.165, 1.54) is 5.70 Å². The van der Waals surface area contributed by atoms with E-state index >= 15 is 0 Å². The van der Waals surface area contributed by atoms with Gasteiger partial charge >= 0.3 is 0 Å². The van der Waals surface area contributed by atoms with E-state index < -0.39 is 0 Å². The lowest BCUT2D eigenvalue weighted by Gasteiger charge is -2.37. The van der Waals surface area contributed by atoms with E-state index in [-0.39, 0.29) is 5.91 Å². The first kappa shape index (κ1) is 26.7. The minimum Gasteiger partial charge on any atom is -0.368 e. The van der Waals surface area contributed by atoms with Crippen molar-refractivity contribution < 1.29 is 4.79 Å². The highest BCUT2D eigenvalue weighted by molar-refractivity contribution is 6.31. The summed E-state index contributed by atoms with van der Waals surface area (Å²) < 4.78 is 0. The lowest BCUT2D eigenvalue weighted by Crippen LogP contribution is -2.46. The van der Waals surface area contributed by atoms with Crippen LogP contribution in [0.3, 0.4) is 0 Å². The molecule has 0 aromatic heterocycles. The summed E-state index contributed by atoms with van der Waals surface area (Å²) in [5.74, 6) is -0.0533. The maximum atomic E-state index is 12.4. The Kier molecular flexibility index (Phi) is 11.3. The molecule has 1 fully saturated rings. The summed E-state index contributed by atoms with van der Waals surface area (Å²) in [5, 5.41) is 3.35. The summed E-state index contributed by atoms with van der Waals surface area (Å²) in [5.41, 5.74) is 4.00. The van der Waals surface area contributed by atoms with Gasteiger partial charge in [0.15, 0.2) is 0 Å². The summed E-state index contributed by atoms with van der Waals surface area (Å²) in [4.78, 5) is 19.5. The van der Waals surface area contributed by atoms with Crippen molar-refractivity contribution in [3.8, 4) is 0 Å². The minimum atomic E-state index is -0.0533. The second-order valence-corrected chi connectivity index (χ2v) is 8.64. The van der Waals surface area contributed by atoms with Crippen LogP contribution in [-0.4, -0.2) is 66.9 Å². The number of halogens is 1. The number of nitrogens with one attached hydrogen (secondary N) is 1. The SMILES string of the molecule is C=C/C=C1\C/C(=C\CC)N(CCCN2CCN(/C(=C/C=C\C)C(=C)Cl)CC2)C=C1C(=O)NC. The van der Waals surface area contributed by atoms with Crippen molar-refractivity contribution in [2.24, 2.45) is 0 Å². The first-order valence-corrected chi connectivity index (χ1v) is 12.2. The fraction of sp³-hybridized carbons (Fsp3) is 0.444. The largest absolute Gasteiger partial charge is 0.368 e. The number of hydrogen-bond acceptors (Lipinski definition) is 4. The van der Waals surface area contributed by atoms with E-state index in [4.69, 9.17) is 11.6 Å². The molecule has 0 aromatic carbocycles. The van der Waals surface area contributed by atoms with Crippen LogP contribution in [0.2, 0.25) is 0 Å². The van der Waals surface area contributed by atoms with Crippen LogP contribution in [-0.2, 0) is 4.79 Å². The lowest BCUT2D eigenvalue weighted by molar-refractivity contribution is -0.116. The zero-order valence-electron chi connectivity index (χ0n) is 20.4. The minimum absolute atomic E-state index is 0.0533. The van der Waals surface area contributed by atoms with Gasteiger partial charge in [-0.3, -0.25) is 9.69 Å². The van der Waals surface area contributed by atoms with Gasteiger partial charge in [-0.05, 0) is 38.0 Å². The summed E-state index contributed by atoms with van der Waals surface area (Å²) in [6.07, 6.45) is 16.7. The van der Waals surface area contributed by atoms with Crippen molar-refractivity contribution in [1.82, 2.24) is 20.0 Å². The second-order valence-electron chi connectivity index (χ2n) is 8.19. The molecular formula is C27H39ClN4O. The molecule has 5 nitrogen and oxygen atoms in total. The maximum absolute atomic E-state index is 12.4. The van der Waals surface area contributed by atoms with Crippen LogP contribution in [0.4, 0.5) is 0 Å². The number of piperazine rings is 1. The highest BCUT2D eigenvalue weighted by Crippen LogP contribution is 2.29. The normalized spacial score (nSPS) is 20.5. The van der Waals surface area contributed by atoms with Gasteiger partial charge in [0, 0.05) is 58.1 Å². The summed E-state index contributed by atoms with van der Waals surface area (Å²) in [6, 6.07) is 0. The molecule has 0 bridgehead atoms. The van der Waals surface area contributed by atoms with Crippen molar-refractivity contribution in [1.29, 1.82) is 0 Å². The number of nitrogens with zero attached hydrogens (tertiary/aromatic N) is 3. The highest BCUT2D eigenvalue weighted by Gasteiger charge is 2.24. The van der Waals surface area contributed by atoms with Gasteiger partial charge in [-0.1, -0.05) is 62.1 Å². The topological polar surface area (TPSA) is 38.8 Å². The van der Waals surface area contributed by atoms with Gasteiger partial charge in [0.1, 0.15) is 0 Å². The van der Waals surface area contributed by atoms with Crippen molar-refractivity contribution in [2.75, 3.05) is 46.3 Å². The molecule has 1 N–H and O–H groups in total. The zero-order chi connectivity index (χ0) is 24.2. The van der Waals surface area contributed by atoms with Crippen molar-refractivity contribution in [2.45, 2.75) is 33.1 Å². The third-order valence-electron chi connectivity index (χ3n) is 5.91. The third kappa shape index (κ3) is 7.79. The lowest BCUT2D eigenvalue weighted by atomic mass is 9.95. The molecular weight excluding hydrogens is 432 g/mol. The molecule has 6 heteroatoms. The molecule has 2 aliphatic heterocycles. The van der Waals surface area contributed by atoms with Crippen LogP contribution in [0.25, 0.3) is 0 Å². The predicted octanol–water partition coefficient (Wildman–Crippen LogP) is 4.95. The van der Waals surface area contributed by atoms with Crippen LogP contribution in [0.5, 0.6) is 0 Å². The standard InChI is InChI=1S/C27H39ClN4O/c1-6-9-13-26(22(4)28)31-18-16-30(17-19-31)14-10-15-32-21-25(27(33)29-5)23(11-7-2)20-24(32)12-8-3/h6-7,9,11-13,21H,2,4,8,10,14-20H2,1,3,5H3,(H,29,33)/b9-6-,23-11+,24-12+,26-13+. The number of amides is 1. The van der Waals surface area contributed by atoms with E-state index in [9.17, 15) is 4.79 Å². The van der Waals surface area contributed by atoms with Crippen molar-refractivity contribution in [3.05, 3.63) is 83.4 Å². The molecule has 180 valence electrons. The van der Waals surface area contributed by atoms with Gasteiger partial charge in [0.25, 0.3) is 5.91 Å². The summed E-state index contributed by atoms with van der Waals surface area (Å²) in [7, 11) is 1.68. The Morgan fingerprint density at radius 2 is 1.97 bits per heavy atom. The first-order valence-electron chi connectivity index (χ1n) is 11.8. The smallest absolute Gasteiger partial charge is 0.252 e. The van der Waals surface area contributed by atoms with Crippen molar-refractivity contribution in [3.63, 3.8) is 0 Å². The second kappa shape index (κ2) is 13.9. The van der Waals surface area contributed by atoms with Gasteiger partial charge in [-0.15, -0.1) is 0 Å². The molecule has 0 spiro atoms. The monoisotopic (exact) mass is 470 g/mol. The quantitative estimate of drug-likeness (QED) is 0.458. The zero-order valence-corrected chi connectivity index (χ0v) is 21.2. The Morgan fingerprint density at radius 3 is 2.55 bits per heavy atom. The Morgan fingerprint density at radius 1 is 1.24 bits per heavy atom. The van der Waals surface area contributed by atoms with Crippen LogP contribution in [0.1, 0.15) is 33.1 Å². The molecule has 0 aliphatic carbocycles. The molecule has 33 heavy (non-hydrogen) atoms. The van der Waals surface area contributed by atoms with E-state index in [2.05, 4.69) is 46.2 Å². The van der Waals surface area contributed by atoms with E-state index in [1.54, 1.807) is 13.1 Å². The fourth-order valence-electron chi connectivity index (χ4n) is 4.21. The van der Waals surface area contributed by atoms with E-state index in [0.717, 1.165) is 75.4 Å². The summed E-state index contributed by atoms with van der Waals surface area (Å²) >= 11 is 6.23. The van der Waals surface area contributed by atoms with Gasteiger partial charge in [-0.25, -0.2) is 0 Å². The molecule has 2 rings (SSSR count). The number of hydrogen-bond donors (Lipinski definition) is 1. The van der Waals surface area contributed by atoms with Gasteiger partial charge in [-0.2, -0.15) is 0 Å². The molecule has 0 aromatic rings. The van der Waals surface area contributed by atoms with Gasteiger partial charge in [0.2, 0.25) is 0 Å². The fourth-order valence-corrected chi connectivity index (χ4v) is 4.39. The van der Waals surface area contributed by atoms with Gasteiger partial charge < -0.3 is 15.1 Å². The van der Waals surface area contributed by atoms with Crippen LogP contribution < -0.4 is 5.32 Å². The van der Waals surface area contributed by atoms with Crippen molar-refractivity contribution >= 4 is 17.5 Å². The van der Waals surface area contributed by atoms with E-state index in [1.807, 2.05) is 37.4 Å². The Balaban J connectivity index is 1.98. The number of carbonyl (C=O) groups excluding carboxylic acids is 1. The average Bonchev–Trinajstić information content (AvgIpc) is 2.81. The molecule has 0 saturated carbocycles. The number of carbonyl (C=O) groups is 1. The third-order valence-corrected chi connectivity index (χ3v) is 6.11. The Labute approximate surface area is 205 Å². The number of allylic oxidation sites excluding steroid dienone is 8. The van der Waals surface area contributed by atoms with Crippen LogP contribution in [0.15, 0.2) is 83.4 Å². The van der Waals surface area contributed by atoms with E-state index in [0.29, 0.717) is 5.03 Å². The number of rotatable bonds is 10. The Hall–Kier alpha value is -2.50. The molecule has 2 heterocycles. The first-order chi connectivity index (χ1) is 15.9. The highest BCUT2D eigenvalue weighted by atomic mass is 35.5.